The van der Waals surface area contributed by atoms with E-state index < -0.39 is 27.8 Å². The number of sulfonamides is 1. The van der Waals surface area contributed by atoms with Crippen molar-refractivity contribution in [2.24, 2.45) is 0 Å². The number of rotatable bonds is 6. The molecular formula is C23H26ClF3N4O3S. The van der Waals surface area contributed by atoms with E-state index in [2.05, 4.69) is 4.90 Å². The average molecular weight is 531 g/mol. The maximum absolute atomic E-state index is 13.4. The van der Waals surface area contributed by atoms with Crippen LogP contribution in [0, 0.1) is 0 Å². The van der Waals surface area contributed by atoms with Gasteiger partial charge in [-0.05, 0) is 42.0 Å². The Labute approximate surface area is 207 Å². The molecule has 0 spiro atoms. The van der Waals surface area contributed by atoms with Crippen molar-refractivity contribution in [1.29, 1.82) is 0 Å². The van der Waals surface area contributed by atoms with Crippen molar-refractivity contribution in [2.75, 3.05) is 57.0 Å². The molecule has 2 amide bonds. The van der Waals surface area contributed by atoms with Gasteiger partial charge in [-0.1, -0.05) is 23.7 Å². The van der Waals surface area contributed by atoms with Crippen LogP contribution < -0.4 is 4.90 Å². The lowest BCUT2D eigenvalue weighted by Gasteiger charge is -2.34. The maximum atomic E-state index is 13.4. The number of anilines is 1. The third-order valence-corrected chi connectivity index (χ3v) is 7.93. The van der Waals surface area contributed by atoms with Crippen LogP contribution in [0.2, 0.25) is 5.02 Å². The van der Waals surface area contributed by atoms with Crippen LogP contribution in [0.25, 0.3) is 0 Å². The van der Waals surface area contributed by atoms with Gasteiger partial charge in [-0.25, -0.2) is 13.2 Å². The molecule has 0 saturated carbocycles. The van der Waals surface area contributed by atoms with Crippen molar-refractivity contribution < 1.29 is 26.4 Å². The third-order valence-electron chi connectivity index (χ3n) is 6.37. The Morgan fingerprint density at radius 1 is 1.00 bits per heavy atom. The quantitative estimate of drug-likeness (QED) is 0.568. The molecule has 190 valence electrons. The number of hydrogen-bond donors (Lipinski definition) is 0. The zero-order chi connectivity index (χ0) is 25.4. The van der Waals surface area contributed by atoms with Gasteiger partial charge in [0.25, 0.3) is 0 Å². The van der Waals surface area contributed by atoms with Crippen molar-refractivity contribution in [3.8, 4) is 0 Å². The first-order valence-electron chi connectivity index (χ1n) is 11.1. The molecule has 2 aromatic rings. The molecule has 1 atom stereocenters. The highest BCUT2D eigenvalue weighted by Crippen LogP contribution is 2.37. The smallest absolute Gasteiger partial charge is 0.321 e. The minimum absolute atomic E-state index is 0.228. The van der Waals surface area contributed by atoms with Crippen LogP contribution in [-0.2, 0) is 16.2 Å². The number of carbonyl (C=O) groups excluding carboxylic acids is 1. The Balaban J connectivity index is 1.52. The fourth-order valence-corrected chi connectivity index (χ4v) is 5.41. The molecule has 2 heterocycles. The summed E-state index contributed by atoms with van der Waals surface area (Å²) < 4.78 is 64.9. The number of amides is 2. The second-order valence-electron chi connectivity index (χ2n) is 8.72. The van der Waals surface area contributed by atoms with Crippen LogP contribution >= 0.6 is 11.6 Å². The molecule has 0 radical (unpaired) electrons. The molecular weight excluding hydrogens is 505 g/mol. The normalized spacial score (nSPS) is 20.6. The fourth-order valence-electron chi connectivity index (χ4n) is 4.46. The molecule has 0 aromatic heterocycles. The zero-order valence-corrected chi connectivity index (χ0v) is 20.7. The summed E-state index contributed by atoms with van der Waals surface area (Å²) >= 11 is 6.00. The lowest BCUT2D eigenvalue weighted by Crippen LogP contribution is -2.50. The topological polar surface area (TPSA) is 64.2 Å². The van der Waals surface area contributed by atoms with E-state index in [1.807, 2.05) is 0 Å². The summed E-state index contributed by atoms with van der Waals surface area (Å²) in [6.07, 6.45) is -3.30. The van der Waals surface area contributed by atoms with Crippen LogP contribution in [0.15, 0.2) is 48.5 Å². The molecule has 35 heavy (non-hydrogen) atoms. The van der Waals surface area contributed by atoms with E-state index in [9.17, 15) is 26.4 Å². The van der Waals surface area contributed by atoms with E-state index in [1.165, 1.54) is 21.5 Å². The van der Waals surface area contributed by atoms with Crippen molar-refractivity contribution >= 4 is 33.3 Å². The predicted octanol–water partition coefficient (Wildman–Crippen LogP) is 3.92. The van der Waals surface area contributed by atoms with Crippen molar-refractivity contribution in [1.82, 2.24) is 14.1 Å². The van der Waals surface area contributed by atoms with Gasteiger partial charge in [0.2, 0.25) is 10.0 Å². The Morgan fingerprint density at radius 3 is 2.26 bits per heavy atom. The van der Waals surface area contributed by atoms with Gasteiger partial charge in [-0.3, -0.25) is 9.80 Å². The first-order valence-corrected chi connectivity index (χ1v) is 13.3. The number of alkyl halides is 3. The molecule has 7 nitrogen and oxygen atoms in total. The highest BCUT2D eigenvalue weighted by atomic mass is 35.5. The minimum atomic E-state index is -4.49. The number of nitrogens with zero attached hydrogens (tertiary/aromatic N) is 4. The van der Waals surface area contributed by atoms with Crippen LogP contribution in [0.4, 0.5) is 23.7 Å². The van der Waals surface area contributed by atoms with Crippen molar-refractivity contribution in [3.63, 3.8) is 0 Å². The summed E-state index contributed by atoms with van der Waals surface area (Å²) in [4.78, 5) is 18.6. The monoisotopic (exact) mass is 530 g/mol. The fraction of sp³-hybridized carbons (Fsp3) is 0.435. The Hall–Kier alpha value is -2.34. The molecule has 0 aliphatic carbocycles. The predicted molar refractivity (Wildman–Crippen MR) is 128 cm³/mol. The van der Waals surface area contributed by atoms with Gasteiger partial charge in [-0.15, -0.1) is 0 Å². The number of piperazine rings is 1. The lowest BCUT2D eigenvalue weighted by atomic mass is 10.0. The second kappa shape index (κ2) is 9.96. The van der Waals surface area contributed by atoms with Crippen LogP contribution in [-0.4, -0.2) is 80.6 Å². The standard InChI is InChI=1S/C23H26ClF3N4O3S/c1-35(33,34)30-13-10-28(11-14-30)9-12-29-16-21(17-3-2-4-18(15-17)23(25,26)27)31(22(29)32)20-7-5-19(24)6-8-20/h2-8,15,21H,9-14,16H2,1H3/t21-/m1/s1. The van der Waals surface area contributed by atoms with Crippen LogP contribution in [0.1, 0.15) is 17.2 Å². The van der Waals surface area contributed by atoms with E-state index in [0.29, 0.717) is 55.5 Å². The van der Waals surface area contributed by atoms with Gasteiger partial charge in [-0.2, -0.15) is 17.5 Å². The molecule has 2 aromatic carbocycles. The number of benzene rings is 2. The average Bonchev–Trinajstić information content (AvgIpc) is 3.13. The highest BCUT2D eigenvalue weighted by Gasteiger charge is 2.40. The van der Waals surface area contributed by atoms with Crippen LogP contribution in [0.5, 0.6) is 0 Å². The van der Waals surface area contributed by atoms with E-state index in [0.717, 1.165) is 12.1 Å². The summed E-state index contributed by atoms with van der Waals surface area (Å²) in [5, 5.41) is 0.487. The largest absolute Gasteiger partial charge is 0.416 e. The molecule has 2 saturated heterocycles. The lowest BCUT2D eigenvalue weighted by molar-refractivity contribution is -0.137. The van der Waals surface area contributed by atoms with Gasteiger partial charge >= 0.3 is 12.2 Å². The molecule has 2 aliphatic heterocycles. The molecule has 2 aliphatic rings. The van der Waals surface area contributed by atoms with Crippen LogP contribution in [0.3, 0.4) is 0 Å². The number of hydrogen-bond acceptors (Lipinski definition) is 4. The Bertz CT molecular complexity index is 1170. The molecule has 2 fully saturated rings. The Kier molecular flexibility index (Phi) is 7.33. The van der Waals surface area contributed by atoms with Crippen molar-refractivity contribution in [3.05, 3.63) is 64.7 Å². The van der Waals surface area contributed by atoms with Gasteiger partial charge in [0.15, 0.2) is 0 Å². The van der Waals surface area contributed by atoms with Gasteiger partial charge in [0, 0.05) is 56.5 Å². The number of halogens is 4. The van der Waals surface area contributed by atoms with Gasteiger partial charge in [0.1, 0.15) is 0 Å². The SMILES string of the molecule is CS(=O)(=O)N1CCN(CCN2C[C@H](c3cccc(C(F)(F)F)c3)N(c3ccc(Cl)cc3)C2=O)CC1. The summed E-state index contributed by atoms with van der Waals surface area (Å²) in [6.45, 7) is 3.00. The summed E-state index contributed by atoms with van der Waals surface area (Å²) in [6, 6.07) is 10.8. The summed E-state index contributed by atoms with van der Waals surface area (Å²) in [5.74, 6) is 0. The second-order valence-corrected chi connectivity index (χ2v) is 11.1. The van der Waals surface area contributed by atoms with E-state index in [1.54, 1.807) is 35.2 Å². The van der Waals surface area contributed by atoms with Crippen molar-refractivity contribution in [2.45, 2.75) is 12.2 Å². The summed E-state index contributed by atoms with van der Waals surface area (Å²) in [5.41, 5.74) is 0.180. The zero-order valence-electron chi connectivity index (χ0n) is 19.1. The van der Waals surface area contributed by atoms with E-state index in [-0.39, 0.29) is 12.6 Å². The molecule has 0 N–H and O–H groups in total. The van der Waals surface area contributed by atoms with E-state index >= 15 is 0 Å². The first-order chi connectivity index (χ1) is 16.4. The van der Waals surface area contributed by atoms with E-state index in [4.69, 9.17) is 11.6 Å². The van der Waals surface area contributed by atoms with Gasteiger partial charge < -0.3 is 4.90 Å². The molecule has 12 heteroatoms. The molecule has 0 bridgehead atoms. The highest BCUT2D eigenvalue weighted by molar-refractivity contribution is 7.88. The minimum Gasteiger partial charge on any atom is -0.321 e. The summed E-state index contributed by atoms with van der Waals surface area (Å²) in [7, 11) is -3.24. The first kappa shape index (κ1) is 25.7. The van der Waals surface area contributed by atoms with Gasteiger partial charge in [0.05, 0.1) is 17.9 Å². The molecule has 4 rings (SSSR count). The number of carbonyl (C=O) groups is 1. The maximum Gasteiger partial charge on any atom is 0.416 e. The molecule has 0 unspecified atom stereocenters. The number of urea groups is 1. The Morgan fingerprint density at radius 2 is 1.66 bits per heavy atom. The third kappa shape index (κ3) is 5.91.